The minimum Gasteiger partial charge on any atom is -0.313 e. The van der Waals surface area contributed by atoms with Crippen LogP contribution in [-0.4, -0.2) is 60.1 Å². The van der Waals surface area contributed by atoms with Crippen molar-refractivity contribution < 1.29 is 0 Å². The van der Waals surface area contributed by atoms with Crippen LogP contribution < -0.4 is 5.32 Å². The van der Waals surface area contributed by atoms with Gasteiger partial charge < -0.3 is 5.32 Å². The lowest BCUT2D eigenvalue weighted by Gasteiger charge is -2.48. The molecule has 2 heterocycles. The third-order valence-electron chi connectivity index (χ3n) is 5.36. The van der Waals surface area contributed by atoms with E-state index in [0.717, 1.165) is 12.6 Å². The predicted octanol–water partition coefficient (Wildman–Crippen LogP) is 2.71. The van der Waals surface area contributed by atoms with Crippen LogP contribution in [-0.2, 0) is 0 Å². The molecule has 3 nitrogen and oxygen atoms in total. The molecule has 4 atom stereocenters. The molecule has 0 aromatic heterocycles. The van der Waals surface area contributed by atoms with Gasteiger partial charge in [-0.1, -0.05) is 27.2 Å². The van der Waals surface area contributed by atoms with Crippen molar-refractivity contribution in [2.45, 2.75) is 84.0 Å². The molecule has 0 bridgehead atoms. The van der Waals surface area contributed by atoms with Crippen LogP contribution >= 0.6 is 0 Å². The van der Waals surface area contributed by atoms with Gasteiger partial charge in [0.25, 0.3) is 0 Å². The van der Waals surface area contributed by atoms with Crippen LogP contribution in [0.2, 0.25) is 0 Å². The lowest BCUT2D eigenvalue weighted by Crippen LogP contribution is -2.62. The summed E-state index contributed by atoms with van der Waals surface area (Å²) in [6, 6.07) is 2.94. The number of likely N-dealkylation sites (N-methyl/N-ethyl adjacent to an activating group) is 1. The van der Waals surface area contributed by atoms with Crippen LogP contribution in [0.5, 0.6) is 0 Å². The molecule has 2 rings (SSSR count). The molecular formula is C17H35N3. The molecule has 0 aromatic rings. The smallest absolute Gasteiger partial charge is 0.0250 e. The van der Waals surface area contributed by atoms with Crippen LogP contribution in [0.25, 0.3) is 0 Å². The highest BCUT2D eigenvalue weighted by Gasteiger charge is 2.38. The highest BCUT2D eigenvalue weighted by Crippen LogP contribution is 2.28. The maximum absolute atomic E-state index is 3.76. The van der Waals surface area contributed by atoms with Crippen molar-refractivity contribution >= 4 is 0 Å². The topological polar surface area (TPSA) is 18.5 Å². The van der Waals surface area contributed by atoms with Gasteiger partial charge in [-0.3, -0.25) is 9.80 Å². The van der Waals surface area contributed by atoms with Crippen LogP contribution in [0, 0.1) is 0 Å². The summed E-state index contributed by atoms with van der Waals surface area (Å²) in [5.74, 6) is 0. The van der Waals surface area contributed by atoms with Crippen LogP contribution in [0.1, 0.15) is 59.8 Å². The Morgan fingerprint density at radius 3 is 2.65 bits per heavy atom. The maximum Gasteiger partial charge on any atom is 0.0250 e. The van der Waals surface area contributed by atoms with E-state index in [1.54, 1.807) is 0 Å². The molecule has 0 aromatic carbocycles. The summed E-state index contributed by atoms with van der Waals surface area (Å²) < 4.78 is 0. The normalized spacial score (nSPS) is 31.2. The quantitative estimate of drug-likeness (QED) is 0.774. The maximum atomic E-state index is 3.76. The minimum atomic E-state index is 0.672. The van der Waals surface area contributed by atoms with E-state index < -0.39 is 0 Å². The third kappa shape index (κ3) is 3.55. The molecule has 3 heteroatoms. The molecule has 2 saturated heterocycles. The van der Waals surface area contributed by atoms with E-state index in [2.05, 4.69) is 42.8 Å². The van der Waals surface area contributed by atoms with Gasteiger partial charge in [0.15, 0.2) is 0 Å². The van der Waals surface area contributed by atoms with E-state index in [1.165, 1.54) is 51.7 Å². The second-order valence-corrected chi connectivity index (χ2v) is 6.77. The van der Waals surface area contributed by atoms with Gasteiger partial charge in [0.2, 0.25) is 0 Å². The summed E-state index contributed by atoms with van der Waals surface area (Å²) >= 11 is 0. The first-order valence-electron chi connectivity index (χ1n) is 8.94. The van der Waals surface area contributed by atoms with Gasteiger partial charge in [-0.25, -0.2) is 0 Å². The van der Waals surface area contributed by atoms with E-state index >= 15 is 0 Å². The first kappa shape index (κ1) is 16.3. The van der Waals surface area contributed by atoms with Gasteiger partial charge in [0.1, 0.15) is 0 Å². The fourth-order valence-electron chi connectivity index (χ4n) is 4.43. The molecular weight excluding hydrogens is 246 g/mol. The van der Waals surface area contributed by atoms with Crippen molar-refractivity contribution in [1.29, 1.82) is 0 Å². The van der Waals surface area contributed by atoms with Gasteiger partial charge in [0, 0.05) is 37.3 Å². The number of piperazine rings is 1. The molecule has 0 radical (unpaired) electrons. The van der Waals surface area contributed by atoms with E-state index in [0.29, 0.717) is 18.1 Å². The average molecular weight is 281 g/mol. The van der Waals surface area contributed by atoms with Crippen LogP contribution in [0.3, 0.4) is 0 Å². The zero-order valence-electron chi connectivity index (χ0n) is 14.1. The fraction of sp³-hybridized carbons (Fsp3) is 1.00. The molecule has 0 amide bonds. The molecule has 1 N–H and O–H groups in total. The molecule has 0 saturated carbocycles. The van der Waals surface area contributed by atoms with Crippen LogP contribution in [0.4, 0.5) is 0 Å². The number of hydrogen-bond donors (Lipinski definition) is 1. The molecule has 2 aliphatic heterocycles. The summed E-state index contributed by atoms with van der Waals surface area (Å²) in [5, 5.41) is 3.76. The third-order valence-corrected chi connectivity index (χ3v) is 5.36. The van der Waals surface area contributed by atoms with Gasteiger partial charge in [-0.2, -0.15) is 0 Å². The number of rotatable bonds is 7. The predicted molar refractivity (Wildman–Crippen MR) is 87.2 cm³/mol. The SMILES string of the molecule is CCCC(NCC)C(CC)N1CC2CCCN2CC1C. The Labute approximate surface area is 126 Å². The van der Waals surface area contributed by atoms with Crippen molar-refractivity contribution in [3.8, 4) is 0 Å². The molecule has 2 aliphatic rings. The Hall–Kier alpha value is -0.120. The molecule has 2 fully saturated rings. The number of nitrogens with zero attached hydrogens (tertiary/aromatic N) is 2. The molecule has 0 spiro atoms. The molecule has 0 aliphatic carbocycles. The second kappa shape index (κ2) is 7.77. The van der Waals surface area contributed by atoms with Gasteiger partial charge in [-0.05, 0) is 45.7 Å². The zero-order valence-corrected chi connectivity index (χ0v) is 14.1. The Bertz CT molecular complexity index is 275. The van der Waals surface area contributed by atoms with Gasteiger partial charge in [0.05, 0.1) is 0 Å². The Kier molecular flexibility index (Phi) is 6.31. The zero-order chi connectivity index (χ0) is 14.5. The standard InChI is InChI=1S/C17H35N3/c1-5-9-16(18-7-3)17(6-2)20-13-15-10-8-11-19(15)12-14(20)4/h14-18H,5-13H2,1-4H3. The second-order valence-electron chi connectivity index (χ2n) is 6.77. The van der Waals surface area contributed by atoms with Crippen molar-refractivity contribution in [3.63, 3.8) is 0 Å². The Balaban J connectivity index is 2.04. The van der Waals surface area contributed by atoms with Gasteiger partial charge >= 0.3 is 0 Å². The van der Waals surface area contributed by atoms with Crippen molar-refractivity contribution in [2.24, 2.45) is 0 Å². The Morgan fingerprint density at radius 1 is 1.20 bits per heavy atom. The van der Waals surface area contributed by atoms with Crippen LogP contribution in [0.15, 0.2) is 0 Å². The van der Waals surface area contributed by atoms with E-state index in [1.807, 2.05) is 0 Å². The summed E-state index contributed by atoms with van der Waals surface area (Å²) in [7, 11) is 0. The first-order chi connectivity index (χ1) is 9.71. The minimum absolute atomic E-state index is 0.672. The average Bonchev–Trinajstić information content (AvgIpc) is 2.87. The summed E-state index contributed by atoms with van der Waals surface area (Å²) in [6.07, 6.45) is 6.69. The molecule has 20 heavy (non-hydrogen) atoms. The largest absolute Gasteiger partial charge is 0.313 e. The molecule has 118 valence electrons. The fourth-order valence-corrected chi connectivity index (χ4v) is 4.43. The monoisotopic (exact) mass is 281 g/mol. The van der Waals surface area contributed by atoms with Crippen molar-refractivity contribution in [1.82, 2.24) is 15.1 Å². The lowest BCUT2D eigenvalue weighted by molar-refractivity contribution is 0.0129. The number of hydrogen-bond acceptors (Lipinski definition) is 3. The van der Waals surface area contributed by atoms with Crippen molar-refractivity contribution in [2.75, 3.05) is 26.2 Å². The van der Waals surface area contributed by atoms with Crippen molar-refractivity contribution in [3.05, 3.63) is 0 Å². The summed E-state index contributed by atoms with van der Waals surface area (Å²) in [4.78, 5) is 5.56. The van der Waals surface area contributed by atoms with E-state index in [4.69, 9.17) is 0 Å². The highest BCUT2D eigenvalue weighted by molar-refractivity contribution is 4.95. The summed E-state index contributed by atoms with van der Waals surface area (Å²) in [5.41, 5.74) is 0. The number of nitrogens with one attached hydrogen (secondary N) is 1. The Morgan fingerprint density at radius 2 is 2.00 bits per heavy atom. The number of fused-ring (bicyclic) bond motifs is 1. The van der Waals surface area contributed by atoms with E-state index in [9.17, 15) is 0 Å². The molecule has 4 unspecified atom stereocenters. The first-order valence-corrected chi connectivity index (χ1v) is 8.94. The summed E-state index contributed by atoms with van der Waals surface area (Å²) in [6.45, 7) is 14.4. The van der Waals surface area contributed by atoms with E-state index in [-0.39, 0.29) is 0 Å². The lowest BCUT2D eigenvalue weighted by atomic mass is 9.95. The highest BCUT2D eigenvalue weighted by atomic mass is 15.3. The van der Waals surface area contributed by atoms with Gasteiger partial charge in [-0.15, -0.1) is 0 Å².